The van der Waals surface area contributed by atoms with Gasteiger partial charge in [-0.15, -0.1) is 10.2 Å². The van der Waals surface area contributed by atoms with Crippen LogP contribution in [-0.4, -0.2) is 34.6 Å². The van der Waals surface area contributed by atoms with Crippen LogP contribution in [0.3, 0.4) is 0 Å². The highest BCUT2D eigenvalue weighted by atomic mass is 16.5. The third-order valence-electron chi connectivity index (χ3n) is 3.41. The Morgan fingerprint density at radius 1 is 1.00 bits per heavy atom. The summed E-state index contributed by atoms with van der Waals surface area (Å²) in [5, 5.41) is 18.3. The van der Waals surface area contributed by atoms with E-state index in [0.29, 0.717) is 18.2 Å². The van der Waals surface area contributed by atoms with Gasteiger partial charge in [-0.2, -0.15) is 5.10 Å². The number of hydrogen-bond donors (Lipinski definition) is 2. The van der Waals surface area contributed by atoms with Crippen molar-refractivity contribution >= 4 is 5.82 Å². The first-order valence-corrected chi connectivity index (χ1v) is 7.08. The molecule has 0 aliphatic rings. The van der Waals surface area contributed by atoms with E-state index in [1.165, 1.54) is 0 Å². The molecule has 0 saturated heterocycles. The molecule has 118 valence electrons. The van der Waals surface area contributed by atoms with Crippen LogP contribution in [0.15, 0.2) is 42.6 Å². The molecule has 0 aliphatic heterocycles. The maximum absolute atomic E-state index is 5.18. The number of H-pyrrole nitrogens is 1. The molecule has 0 spiro atoms. The van der Waals surface area contributed by atoms with E-state index in [2.05, 4.69) is 25.7 Å². The third-order valence-corrected chi connectivity index (χ3v) is 3.41. The number of rotatable bonds is 6. The van der Waals surface area contributed by atoms with Crippen LogP contribution in [0.2, 0.25) is 0 Å². The van der Waals surface area contributed by atoms with Gasteiger partial charge in [-0.1, -0.05) is 0 Å². The van der Waals surface area contributed by atoms with E-state index >= 15 is 0 Å². The second-order valence-corrected chi connectivity index (χ2v) is 4.81. The van der Waals surface area contributed by atoms with Crippen LogP contribution < -0.4 is 14.8 Å². The second kappa shape index (κ2) is 6.78. The molecule has 23 heavy (non-hydrogen) atoms. The SMILES string of the molecule is COc1ccc(-c2[nH]ncc2CNc2ccc(OC)nn2)cc1. The molecule has 3 aromatic rings. The van der Waals surface area contributed by atoms with Crippen LogP contribution in [0.25, 0.3) is 11.3 Å². The molecule has 0 amide bonds. The lowest BCUT2D eigenvalue weighted by atomic mass is 10.1. The van der Waals surface area contributed by atoms with Crippen molar-refractivity contribution < 1.29 is 9.47 Å². The smallest absolute Gasteiger partial charge is 0.233 e. The van der Waals surface area contributed by atoms with Crippen LogP contribution in [0.4, 0.5) is 5.82 Å². The summed E-state index contributed by atoms with van der Waals surface area (Å²) in [6, 6.07) is 11.4. The highest BCUT2D eigenvalue weighted by Gasteiger charge is 2.08. The highest BCUT2D eigenvalue weighted by Crippen LogP contribution is 2.24. The van der Waals surface area contributed by atoms with E-state index in [0.717, 1.165) is 22.6 Å². The molecule has 0 fully saturated rings. The first-order chi connectivity index (χ1) is 11.3. The number of nitrogens with one attached hydrogen (secondary N) is 2. The van der Waals surface area contributed by atoms with E-state index in [1.54, 1.807) is 26.5 Å². The van der Waals surface area contributed by atoms with Crippen molar-refractivity contribution in [3.05, 3.63) is 48.2 Å². The molecule has 7 nitrogen and oxygen atoms in total. The molecule has 0 radical (unpaired) electrons. The van der Waals surface area contributed by atoms with Gasteiger partial charge in [0.05, 0.1) is 26.1 Å². The Hall–Kier alpha value is -3.09. The molecule has 7 heteroatoms. The number of benzene rings is 1. The molecule has 0 bridgehead atoms. The minimum absolute atomic E-state index is 0.484. The first kappa shape index (κ1) is 14.8. The molecule has 2 heterocycles. The van der Waals surface area contributed by atoms with Gasteiger partial charge in [-0.3, -0.25) is 5.10 Å². The fourth-order valence-corrected chi connectivity index (χ4v) is 2.16. The maximum Gasteiger partial charge on any atom is 0.233 e. The van der Waals surface area contributed by atoms with Gasteiger partial charge in [0.2, 0.25) is 5.88 Å². The van der Waals surface area contributed by atoms with Gasteiger partial charge in [0, 0.05) is 23.7 Å². The number of aromatic amines is 1. The summed E-state index contributed by atoms with van der Waals surface area (Å²) in [4.78, 5) is 0. The lowest BCUT2D eigenvalue weighted by Crippen LogP contribution is -2.03. The number of hydrogen-bond acceptors (Lipinski definition) is 6. The Morgan fingerprint density at radius 2 is 1.83 bits per heavy atom. The average Bonchev–Trinajstić information content (AvgIpc) is 3.09. The fourth-order valence-electron chi connectivity index (χ4n) is 2.16. The first-order valence-electron chi connectivity index (χ1n) is 7.08. The lowest BCUT2D eigenvalue weighted by Gasteiger charge is -2.07. The molecular formula is C16H17N5O2. The number of aromatic nitrogens is 4. The van der Waals surface area contributed by atoms with Crippen molar-refractivity contribution in [3.63, 3.8) is 0 Å². The van der Waals surface area contributed by atoms with Gasteiger partial charge in [-0.05, 0) is 30.3 Å². The van der Waals surface area contributed by atoms with Crippen LogP contribution in [-0.2, 0) is 6.54 Å². The van der Waals surface area contributed by atoms with Crippen LogP contribution in [0, 0.1) is 0 Å². The summed E-state index contributed by atoms with van der Waals surface area (Å²) < 4.78 is 10.2. The average molecular weight is 311 g/mol. The molecule has 0 saturated carbocycles. The van der Waals surface area contributed by atoms with Gasteiger partial charge in [0.1, 0.15) is 11.6 Å². The summed E-state index contributed by atoms with van der Waals surface area (Å²) in [5.41, 5.74) is 3.04. The van der Waals surface area contributed by atoms with Crippen LogP contribution in [0.5, 0.6) is 11.6 Å². The summed E-state index contributed by atoms with van der Waals surface area (Å²) in [5.74, 6) is 1.98. The lowest BCUT2D eigenvalue weighted by molar-refractivity contribution is 0.392. The molecule has 2 aromatic heterocycles. The van der Waals surface area contributed by atoms with E-state index in [9.17, 15) is 0 Å². The summed E-state index contributed by atoms with van der Waals surface area (Å²) in [7, 11) is 3.21. The Balaban J connectivity index is 1.72. The molecule has 3 rings (SSSR count). The Bertz CT molecular complexity index is 753. The Morgan fingerprint density at radius 3 is 2.48 bits per heavy atom. The minimum atomic E-state index is 0.484. The van der Waals surface area contributed by atoms with Crippen molar-refractivity contribution in [1.29, 1.82) is 0 Å². The van der Waals surface area contributed by atoms with E-state index in [4.69, 9.17) is 9.47 Å². The normalized spacial score (nSPS) is 10.3. The highest BCUT2D eigenvalue weighted by molar-refractivity contribution is 5.63. The van der Waals surface area contributed by atoms with Crippen molar-refractivity contribution in [2.45, 2.75) is 6.54 Å². The summed E-state index contributed by atoms with van der Waals surface area (Å²) >= 11 is 0. The zero-order chi connectivity index (χ0) is 16.1. The predicted molar refractivity (Wildman–Crippen MR) is 86.5 cm³/mol. The molecular weight excluding hydrogens is 294 g/mol. The third kappa shape index (κ3) is 3.39. The van der Waals surface area contributed by atoms with Crippen molar-refractivity contribution in [1.82, 2.24) is 20.4 Å². The van der Waals surface area contributed by atoms with E-state index in [1.807, 2.05) is 30.3 Å². The topological polar surface area (TPSA) is 85.0 Å². The molecule has 0 atom stereocenters. The number of nitrogens with zero attached hydrogens (tertiary/aromatic N) is 3. The van der Waals surface area contributed by atoms with Crippen molar-refractivity contribution in [2.24, 2.45) is 0 Å². The Kier molecular flexibility index (Phi) is 4.37. The standard InChI is InChI=1S/C16H17N5O2/c1-22-13-5-3-11(4-6-13)16-12(10-18-21-16)9-17-14-7-8-15(23-2)20-19-14/h3-8,10H,9H2,1-2H3,(H,17,19)(H,18,21). The van der Waals surface area contributed by atoms with Gasteiger partial charge in [0.25, 0.3) is 0 Å². The van der Waals surface area contributed by atoms with Crippen molar-refractivity contribution in [3.8, 4) is 22.9 Å². The second-order valence-electron chi connectivity index (χ2n) is 4.81. The van der Waals surface area contributed by atoms with Crippen molar-refractivity contribution in [2.75, 3.05) is 19.5 Å². The number of ether oxygens (including phenoxy) is 2. The molecule has 0 unspecified atom stereocenters. The summed E-state index contributed by atoms with van der Waals surface area (Å²) in [6.45, 7) is 0.582. The Labute approximate surface area is 133 Å². The minimum Gasteiger partial charge on any atom is -0.497 e. The van der Waals surface area contributed by atoms with E-state index < -0.39 is 0 Å². The maximum atomic E-state index is 5.18. The van der Waals surface area contributed by atoms with Crippen LogP contribution >= 0.6 is 0 Å². The van der Waals surface area contributed by atoms with Gasteiger partial charge in [0.15, 0.2) is 0 Å². The molecule has 1 aromatic carbocycles. The van der Waals surface area contributed by atoms with E-state index in [-0.39, 0.29) is 0 Å². The fraction of sp³-hybridized carbons (Fsp3) is 0.188. The summed E-state index contributed by atoms with van der Waals surface area (Å²) in [6.07, 6.45) is 1.80. The monoisotopic (exact) mass is 311 g/mol. The number of anilines is 1. The quantitative estimate of drug-likeness (QED) is 0.727. The molecule has 2 N–H and O–H groups in total. The molecule has 0 aliphatic carbocycles. The van der Waals surface area contributed by atoms with Gasteiger partial charge >= 0.3 is 0 Å². The zero-order valence-electron chi connectivity index (χ0n) is 12.9. The number of methoxy groups -OCH3 is 2. The predicted octanol–water partition coefficient (Wildman–Crippen LogP) is 2.50. The van der Waals surface area contributed by atoms with Gasteiger partial charge in [-0.25, -0.2) is 0 Å². The largest absolute Gasteiger partial charge is 0.497 e. The zero-order valence-corrected chi connectivity index (χ0v) is 12.9. The van der Waals surface area contributed by atoms with Crippen LogP contribution in [0.1, 0.15) is 5.56 Å². The van der Waals surface area contributed by atoms with Gasteiger partial charge < -0.3 is 14.8 Å².